The first kappa shape index (κ1) is 18.8. The molecule has 1 amide bonds. The highest BCUT2D eigenvalue weighted by Gasteiger charge is 2.09. The third-order valence-electron chi connectivity index (χ3n) is 2.75. The van der Waals surface area contributed by atoms with Crippen molar-refractivity contribution < 1.29 is 14.3 Å². The van der Waals surface area contributed by atoms with Crippen LogP contribution < -0.4 is 15.4 Å². The van der Waals surface area contributed by atoms with Gasteiger partial charge in [0.2, 0.25) is 11.0 Å². The standard InChI is InChI=1S/C14H17ClN4O3S2/c1-21-6-5-16-13-18-19-14(24-13)23-8-12(20)17-9-3-4-11(22-2)10(15)7-9/h3-4,7H,5-6,8H2,1-2H3,(H,16,18)(H,17,20). The van der Waals surface area contributed by atoms with Crippen LogP contribution in [0.2, 0.25) is 5.02 Å². The number of hydrogen-bond donors (Lipinski definition) is 2. The van der Waals surface area contributed by atoms with Gasteiger partial charge >= 0.3 is 0 Å². The highest BCUT2D eigenvalue weighted by Crippen LogP contribution is 2.28. The van der Waals surface area contributed by atoms with Gasteiger partial charge in [0.15, 0.2) is 4.34 Å². The molecule has 2 aromatic rings. The number of anilines is 2. The number of aromatic nitrogens is 2. The predicted octanol–water partition coefficient (Wildman–Crippen LogP) is 2.99. The molecule has 0 atom stereocenters. The van der Waals surface area contributed by atoms with Crippen LogP contribution in [0.5, 0.6) is 5.75 Å². The van der Waals surface area contributed by atoms with Gasteiger partial charge in [0.25, 0.3) is 0 Å². The van der Waals surface area contributed by atoms with Gasteiger partial charge in [-0.25, -0.2) is 0 Å². The number of amides is 1. The average molecular weight is 389 g/mol. The number of nitrogens with one attached hydrogen (secondary N) is 2. The van der Waals surface area contributed by atoms with Gasteiger partial charge in [-0.2, -0.15) is 0 Å². The van der Waals surface area contributed by atoms with E-state index in [1.807, 2.05) is 0 Å². The summed E-state index contributed by atoms with van der Waals surface area (Å²) in [7, 11) is 3.17. The Balaban J connectivity index is 1.79. The SMILES string of the molecule is COCCNc1nnc(SCC(=O)Nc2ccc(OC)c(Cl)c2)s1. The van der Waals surface area contributed by atoms with Gasteiger partial charge in [-0.1, -0.05) is 34.7 Å². The van der Waals surface area contributed by atoms with Crippen LogP contribution in [0.4, 0.5) is 10.8 Å². The van der Waals surface area contributed by atoms with Crippen molar-refractivity contribution in [1.82, 2.24) is 10.2 Å². The Kier molecular flexibility index (Phi) is 7.57. The molecule has 1 heterocycles. The molecule has 7 nitrogen and oxygen atoms in total. The Hall–Kier alpha value is -1.55. The second-order valence-corrected chi connectivity index (χ2v) is 7.09. The van der Waals surface area contributed by atoms with Crippen LogP contribution in [0.25, 0.3) is 0 Å². The maximum atomic E-state index is 12.0. The largest absolute Gasteiger partial charge is 0.495 e. The van der Waals surface area contributed by atoms with Crippen LogP contribution in [-0.4, -0.2) is 49.2 Å². The van der Waals surface area contributed by atoms with E-state index < -0.39 is 0 Å². The maximum absolute atomic E-state index is 12.0. The Morgan fingerprint density at radius 3 is 2.92 bits per heavy atom. The summed E-state index contributed by atoms with van der Waals surface area (Å²) in [6.45, 7) is 1.25. The van der Waals surface area contributed by atoms with Gasteiger partial charge in [-0.3, -0.25) is 4.79 Å². The van der Waals surface area contributed by atoms with Crippen LogP contribution in [0, 0.1) is 0 Å². The van der Waals surface area contributed by atoms with E-state index in [0.29, 0.717) is 34.7 Å². The molecule has 1 aromatic carbocycles. The molecule has 0 saturated carbocycles. The molecule has 0 unspecified atom stereocenters. The van der Waals surface area contributed by atoms with Crippen molar-refractivity contribution in [2.75, 3.05) is 43.8 Å². The highest BCUT2D eigenvalue weighted by atomic mass is 35.5. The molecule has 0 aliphatic heterocycles. The lowest BCUT2D eigenvalue weighted by Crippen LogP contribution is -2.13. The summed E-state index contributed by atoms with van der Waals surface area (Å²) in [4.78, 5) is 12.0. The van der Waals surface area contributed by atoms with E-state index in [-0.39, 0.29) is 11.7 Å². The van der Waals surface area contributed by atoms with Gasteiger partial charge in [0.1, 0.15) is 5.75 Å². The summed E-state index contributed by atoms with van der Waals surface area (Å²) in [5.74, 6) is 0.646. The number of halogens is 1. The first-order valence-corrected chi connectivity index (χ1v) is 9.13. The molecule has 0 saturated heterocycles. The highest BCUT2D eigenvalue weighted by molar-refractivity contribution is 8.01. The number of benzene rings is 1. The van der Waals surface area contributed by atoms with E-state index in [1.165, 1.54) is 30.2 Å². The first-order valence-electron chi connectivity index (χ1n) is 6.95. The van der Waals surface area contributed by atoms with Gasteiger partial charge in [0, 0.05) is 19.3 Å². The smallest absolute Gasteiger partial charge is 0.234 e. The minimum Gasteiger partial charge on any atom is -0.495 e. The number of ether oxygens (including phenoxy) is 2. The van der Waals surface area contributed by atoms with Crippen molar-refractivity contribution in [3.05, 3.63) is 23.2 Å². The maximum Gasteiger partial charge on any atom is 0.234 e. The number of carbonyl (C=O) groups is 1. The zero-order valence-electron chi connectivity index (χ0n) is 13.2. The van der Waals surface area contributed by atoms with Gasteiger partial charge in [-0.15, -0.1) is 10.2 Å². The second kappa shape index (κ2) is 9.67. The molecule has 0 aliphatic carbocycles. The topological polar surface area (TPSA) is 85.4 Å². The summed E-state index contributed by atoms with van der Waals surface area (Å²) >= 11 is 8.75. The van der Waals surface area contributed by atoms with E-state index in [4.69, 9.17) is 21.1 Å². The normalized spacial score (nSPS) is 10.5. The van der Waals surface area contributed by atoms with Crippen molar-refractivity contribution in [1.29, 1.82) is 0 Å². The molecular weight excluding hydrogens is 372 g/mol. The lowest BCUT2D eigenvalue weighted by molar-refractivity contribution is -0.113. The molecule has 130 valence electrons. The molecule has 10 heteroatoms. The molecule has 0 bridgehead atoms. The van der Waals surface area contributed by atoms with Crippen LogP contribution in [0.1, 0.15) is 0 Å². The number of rotatable bonds is 9. The molecule has 24 heavy (non-hydrogen) atoms. The van der Waals surface area contributed by atoms with Crippen molar-refractivity contribution in [2.24, 2.45) is 0 Å². The number of methoxy groups -OCH3 is 2. The summed E-state index contributed by atoms with van der Waals surface area (Å²) in [6.07, 6.45) is 0. The Morgan fingerprint density at radius 1 is 1.38 bits per heavy atom. The minimum atomic E-state index is -0.148. The van der Waals surface area contributed by atoms with E-state index in [2.05, 4.69) is 20.8 Å². The summed E-state index contributed by atoms with van der Waals surface area (Å²) in [5, 5.41) is 15.0. The molecule has 0 spiro atoms. The van der Waals surface area contributed by atoms with Gasteiger partial charge in [-0.05, 0) is 18.2 Å². The average Bonchev–Trinajstić information content (AvgIpc) is 3.01. The Labute approximate surface area is 153 Å². The minimum absolute atomic E-state index is 0.148. The molecule has 2 rings (SSSR count). The molecule has 0 radical (unpaired) electrons. The van der Waals surface area contributed by atoms with Crippen molar-refractivity contribution in [3.63, 3.8) is 0 Å². The molecular formula is C14H17ClN4O3S2. The number of thioether (sulfide) groups is 1. The van der Waals surface area contributed by atoms with Crippen molar-refractivity contribution >= 4 is 51.4 Å². The van der Waals surface area contributed by atoms with Crippen molar-refractivity contribution in [3.8, 4) is 5.75 Å². The third-order valence-corrected chi connectivity index (χ3v) is 5.06. The van der Waals surface area contributed by atoms with Gasteiger partial charge in [0.05, 0.1) is 24.5 Å². The number of hydrogen-bond acceptors (Lipinski definition) is 8. The van der Waals surface area contributed by atoms with Crippen LogP contribution in [0.15, 0.2) is 22.5 Å². The molecule has 2 N–H and O–H groups in total. The second-order valence-electron chi connectivity index (χ2n) is 4.48. The Bertz CT molecular complexity index is 684. The monoisotopic (exact) mass is 388 g/mol. The zero-order chi connectivity index (χ0) is 17.4. The van der Waals surface area contributed by atoms with Crippen LogP contribution in [0.3, 0.4) is 0 Å². The Morgan fingerprint density at radius 2 is 2.21 bits per heavy atom. The summed E-state index contributed by atoms with van der Waals surface area (Å²) in [5.41, 5.74) is 0.616. The van der Waals surface area contributed by atoms with Gasteiger partial charge < -0.3 is 20.1 Å². The fraction of sp³-hybridized carbons (Fsp3) is 0.357. The van der Waals surface area contributed by atoms with E-state index in [1.54, 1.807) is 25.3 Å². The van der Waals surface area contributed by atoms with E-state index >= 15 is 0 Å². The quantitative estimate of drug-likeness (QED) is 0.504. The summed E-state index contributed by atoms with van der Waals surface area (Å²) < 4.78 is 10.7. The predicted molar refractivity (Wildman–Crippen MR) is 97.6 cm³/mol. The zero-order valence-corrected chi connectivity index (χ0v) is 15.6. The van der Waals surface area contributed by atoms with Crippen molar-refractivity contribution in [2.45, 2.75) is 4.34 Å². The van der Waals surface area contributed by atoms with Crippen LogP contribution in [-0.2, 0) is 9.53 Å². The molecule has 1 aromatic heterocycles. The van der Waals surface area contributed by atoms with E-state index in [0.717, 1.165) is 4.34 Å². The molecule has 0 aliphatic rings. The fourth-order valence-electron chi connectivity index (χ4n) is 1.67. The fourth-order valence-corrected chi connectivity index (χ4v) is 3.50. The van der Waals surface area contributed by atoms with E-state index in [9.17, 15) is 4.79 Å². The lowest BCUT2D eigenvalue weighted by Gasteiger charge is -2.07. The number of carbonyl (C=O) groups excluding carboxylic acids is 1. The summed E-state index contributed by atoms with van der Waals surface area (Å²) in [6, 6.07) is 5.08. The molecule has 0 fully saturated rings. The van der Waals surface area contributed by atoms with Crippen LogP contribution >= 0.6 is 34.7 Å². The first-order chi connectivity index (χ1) is 11.6. The lowest BCUT2D eigenvalue weighted by atomic mass is 10.3. The third kappa shape index (κ3) is 5.82. The number of nitrogens with zero attached hydrogens (tertiary/aromatic N) is 2.